The second-order valence-electron chi connectivity index (χ2n) is 6.55. The molecule has 0 radical (unpaired) electrons. The Bertz CT molecular complexity index is 898. The lowest BCUT2D eigenvalue weighted by Crippen LogP contribution is -2.31. The van der Waals surface area contributed by atoms with Crippen LogP contribution in [0.15, 0.2) is 42.5 Å². The van der Waals surface area contributed by atoms with Crippen molar-refractivity contribution in [1.82, 2.24) is 4.31 Å². The molecule has 0 saturated carbocycles. The zero-order valence-electron chi connectivity index (χ0n) is 14.2. The van der Waals surface area contributed by atoms with Gasteiger partial charge in [0.1, 0.15) is 19.0 Å². The zero-order chi connectivity index (χ0) is 18.1. The van der Waals surface area contributed by atoms with Crippen LogP contribution in [0.5, 0.6) is 11.5 Å². The van der Waals surface area contributed by atoms with Crippen LogP contribution in [0.4, 0.5) is 4.39 Å². The fourth-order valence-electron chi connectivity index (χ4n) is 3.55. The molecule has 2 aliphatic rings. The molecule has 0 spiro atoms. The Labute approximate surface area is 152 Å². The topological polar surface area (TPSA) is 55.8 Å². The van der Waals surface area contributed by atoms with Crippen molar-refractivity contribution >= 4 is 10.0 Å². The molecule has 0 bridgehead atoms. The second-order valence-corrected chi connectivity index (χ2v) is 8.48. The minimum Gasteiger partial charge on any atom is -0.486 e. The van der Waals surface area contributed by atoms with Crippen molar-refractivity contribution in [3.8, 4) is 11.5 Å². The van der Waals surface area contributed by atoms with Crippen molar-refractivity contribution in [1.29, 1.82) is 0 Å². The summed E-state index contributed by atoms with van der Waals surface area (Å²) in [6.07, 6.45) is 1.57. The van der Waals surface area contributed by atoms with Gasteiger partial charge in [-0.25, -0.2) is 12.8 Å². The highest BCUT2D eigenvalue weighted by Gasteiger charge is 2.35. The van der Waals surface area contributed by atoms with Gasteiger partial charge in [0.2, 0.25) is 10.0 Å². The first-order chi connectivity index (χ1) is 12.5. The Balaban J connectivity index is 1.58. The van der Waals surface area contributed by atoms with Crippen LogP contribution in [0.2, 0.25) is 0 Å². The molecule has 0 amide bonds. The van der Waals surface area contributed by atoms with Gasteiger partial charge in [0.15, 0.2) is 11.5 Å². The summed E-state index contributed by atoms with van der Waals surface area (Å²) >= 11 is 0. The van der Waals surface area contributed by atoms with Gasteiger partial charge in [0, 0.05) is 12.6 Å². The van der Waals surface area contributed by atoms with Crippen LogP contribution in [0, 0.1) is 5.82 Å². The number of hydrogen-bond donors (Lipinski definition) is 0. The summed E-state index contributed by atoms with van der Waals surface area (Å²) < 4.78 is 51.6. The minimum absolute atomic E-state index is 0.131. The third kappa shape index (κ3) is 3.41. The first kappa shape index (κ1) is 17.3. The van der Waals surface area contributed by atoms with Crippen LogP contribution >= 0.6 is 0 Å². The summed E-state index contributed by atoms with van der Waals surface area (Å²) in [6, 6.07) is 11.0. The SMILES string of the molecule is O=S(=O)(Cc1ccc(F)cc1)N1CCC[C@H]1c1ccc2c(c1)OCCO2. The standard InChI is InChI=1S/C19H20FNO4S/c20-16-6-3-14(4-7-16)13-26(22,23)21-9-1-2-17(21)15-5-8-18-19(12-15)25-11-10-24-18/h3-8,12,17H,1-2,9-11,13H2/t17-/m0/s1. The van der Waals surface area contributed by atoms with E-state index in [1.54, 1.807) is 4.31 Å². The third-order valence-corrected chi connectivity index (χ3v) is 6.62. The molecule has 7 heteroatoms. The fourth-order valence-corrected chi connectivity index (χ4v) is 5.35. The molecule has 2 heterocycles. The molecule has 1 atom stereocenters. The molecule has 138 valence electrons. The fraction of sp³-hybridized carbons (Fsp3) is 0.368. The number of sulfonamides is 1. The lowest BCUT2D eigenvalue weighted by molar-refractivity contribution is 0.171. The van der Waals surface area contributed by atoms with Gasteiger partial charge >= 0.3 is 0 Å². The first-order valence-electron chi connectivity index (χ1n) is 8.66. The van der Waals surface area contributed by atoms with Crippen LogP contribution in [0.3, 0.4) is 0 Å². The lowest BCUT2D eigenvalue weighted by Gasteiger charge is -2.26. The van der Waals surface area contributed by atoms with E-state index in [9.17, 15) is 12.8 Å². The van der Waals surface area contributed by atoms with E-state index in [-0.39, 0.29) is 17.6 Å². The zero-order valence-corrected chi connectivity index (χ0v) is 15.0. The van der Waals surface area contributed by atoms with E-state index >= 15 is 0 Å². The minimum atomic E-state index is -3.51. The van der Waals surface area contributed by atoms with Gasteiger partial charge < -0.3 is 9.47 Å². The Kier molecular flexibility index (Phi) is 4.58. The van der Waals surface area contributed by atoms with E-state index in [0.29, 0.717) is 36.8 Å². The number of rotatable bonds is 4. The number of fused-ring (bicyclic) bond motifs is 1. The molecule has 1 saturated heterocycles. The normalized spacial score (nSPS) is 20.3. The van der Waals surface area contributed by atoms with Gasteiger partial charge in [0.05, 0.1) is 5.75 Å². The smallest absolute Gasteiger partial charge is 0.218 e. The number of nitrogens with zero attached hydrogens (tertiary/aromatic N) is 1. The van der Waals surface area contributed by atoms with Gasteiger partial charge in [-0.3, -0.25) is 0 Å². The van der Waals surface area contributed by atoms with E-state index in [4.69, 9.17) is 9.47 Å². The maximum absolute atomic E-state index is 13.1. The van der Waals surface area contributed by atoms with E-state index in [1.807, 2.05) is 18.2 Å². The lowest BCUT2D eigenvalue weighted by atomic mass is 10.0. The van der Waals surface area contributed by atoms with E-state index in [1.165, 1.54) is 24.3 Å². The first-order valence-corrected chi connectivity index (χ1v) is 10.3. The van der Waals surface area contributed by atoms with E-state index in [0.717, 1.165) is 18.4 Å². The molecule has 2 aliphatic heterocycles. The molecule has 26 heavy (non-hydrogen) atoms. The quantitative estimate of drug-likeness (QED) is 0.821. The summed E-state index contributed by atoms with van der Waals surface area (Å²) in [6.45, 7) is 1.50. The maximum atomic E-state index is 13.1. The number of ether oxygens (including phenoxy) is 2. The predicted octanol–water partition coefficient (Wildman–Crippen LogP) is 3.26. The third-order valence-electron chi connectivity index (χ3n) is 4.77. The molecule has 2 aromatic carbocycles. The van der Waals surface area contributed by atoms with Crippen molar-refractivity contribution in [3.05, 3.63) is 59.4 Å². The van der Waals surface area contributed by atoms with E-state index < -0.39 is 10.0 Å². The summed E-state index contributed by atoms with van der Waals surface area (Å²) in [5, 5.41) is 0. The van der Waals surface area contributed by atoms with Crippen molar-refractivity contribution < 1.29 is 22.3 Å². The second kappa shape index (κ2) is 6.89. The molecule has 0 N–H and O–H groups in total. The van der Waals surface area contributed by atoms with Gasteiger partial charge in [0.25, 0.3) is 0 Å². The Hall–Kier alpha value is -2.12. The predicted molar refractivity (Wildman–Crippen MR) is 95.1 cm³/mol. The summed E-state index contributed by atoms with van der Waals surface area (Å²) in [7, 11) is -3.51. The Morgan fingerprint density at radius 3 is 2.54 bits per heavy atom. The van der Waals surface area contributed by atoms with Gasteiger partial charge in [-0.1, -0.05) is 18.2 Å². The van der Waals surface area contributed by atoms with Crippen LogP contribution < -0.4 is 9.47 Å². The van der Waals surface area contributed by atoms with Gasteiger partial charge in [-0.05, 0) is 48.2 Å². The van der Waals surface area contributed by atoms with Crippen LogP contribution in [-0.2, 0) is 15.8 Å². The average molecular weight is 377 g/mol. The highest BCUT2D eigenvalue weighted by atomic mass is 32.2. The summed E-state index contributed by atoms with van der Waals surface area (Å²) in [5.41, 5.74) is 1.49. The summed E-state index contributed by atoms with van der Waals surface area (Å²) in [5.74, 6) is 0.852. The highest BCUT2D eigenvalue weighted by molar-refractivity contribution is 7.88. The highest BCUT2D eigenvalue weighted by Crippen LogP contribution is 2.39. The van der Waals surface area contributed by atoms with Crippen molar-refractivity contribution in [2.45, 2.75) is 24.6 Å². The monoisotopic (exact) mass is 377 g/mol. The number of hydrogen-bond acceptors (Lipinski definition) is 4. The maximum Gasteiger partial charge on any atom is 0.218 e. The Morgan fingerprint density at radius 1 is 1.04 bits per heavy atom. The van der Waals surface area contributed by atoms with Gasteiger partial charge in [-0.15, -0.1) is 0 Å². The molecule has 4 rings (SSSR count). The molecular formula is C19H20FNO4S. The van der Waals surface area contributed by atoms with E-state index in [2.05, 4.69) is 0 Å². The van der Waals surface area contributed by atoms with Crippen molar-refractivity contribution in [3.63, 3.8) is 0 Å². The van der Waals surface area contributed by atoms with Crippen LogP contribution in [0.1, 0.15) is 30.0 Å². The molecule has 0 aliphatic carbocycles. The summed E-state index contributed by atoms with van der Waals surface area (Å²) in [4.78, 5) is 0. The van der Waals surface area contributed by atoms with Crippen molar-refractivity contribution in [2.24, 2.45) is 0 Å². The van der Waals surface area contributed by atoms with Crippen LogP contribution in [-0.4, -0.2) is 32.5 Å². The van der Waals surface area contributed by atoms with Crippen molar-refractivity contribution in [2.75, 3.05) is 19.8 Å². The molecule has 0 unspecified atom stereocenters. The number of benzene rings is 2. The molecule has 2 aromatic rings. The number of halogens is 1. The molecule has 0 aromatic heterocycles. The van der Waals surface area contributed by atoms with Gasteiger partial charge in [-0.2, -0.15) is 4.31 Å². The molecule has 1 fully saturated rings. The largest absolute Gasteiger partial charge is 0.486 e. The average Bonchev–Trinajstić information content (AvgIpc) is 3.14. The molecule has 5 nitrogen and oxygen atoms in total. The van der Waals surface area contributed by atoms with Crippen LogP contribution in [0.25, 0.3) is 0 Å². The molecular weight excluding hydrogens is 357 g/mol. The Morgan fingerprint density at radius 2 is 1.77 bits per heavy atom.